The molecule has 20 heavy (non-hydrogen) atoms. The predicted molar refractivity (Wildman–Crippen MR) is 77.0 cm³/mol. The standard InChI is InChI=1S/C15H23FN2O2/c1-4-5-11(9-17)15(19)18-10(2)13-8-12(16)6-7-14(13)20-3/h6-8,10-11H,4-5,9,17H2,1-3H3,(H,18,19). The van der Waals surface area contributed by atoms with Crippen molar-refractivity contribution in [3.05, 3.63) is 29.6 Å². The van der Waals surface area contributed by atoms with Gasteiger partial charge in [0.05, 0.1) is 19.1 Å². The highest BCUT2D eigenvalue weighted by Gasteiger charge is 2.20. The molecule has 1 rings (SSSR count). The number of rotatable bonds is 7. The minimum atomic E-state index is -0.356. The number of amides is 1. The van der Waals surface area contributed by atoms with Crippen LogP contribution in [0.5, 0.6) is 5.75 Å². The van der Waals surface area contributed by atoms with Crippen molar-refractivity contribution in [3.8, 4) is 5.75 Å². The maximum absolute atomic E-state index is 13.3. The second kappa shape index (κ2) is 7.85. The van der Waals surface area contributed by atoms with Crippen LogP contribution in [0.1, 0.15) is 38.3 Å². The molecule has 0 bridgehead atoms. The number of hydrogen-bond donors (Lipinski definition) is 2. The van der Waals surface area contributed by atoms with Gasteiger partial charge in [0.1, 0.15) is 11.6 Å². The number of nitrogens with two attached hydrogens (primary N) is 1. The molecule has 0 aliphatic heterocycles. The van der Waals surface area contributed by atoms with E-state index in [-0.39, 0.29) is 23.7 Å². The fraction of sp³-hybridized carbons (Fsp3) is 0.533. The van der Waals surface area contributed by atoms with E-state index < -0.39 is 0 Å². The third-order valence-electron chi connectivity index (χ3n) is 3.31. The van der Waals surface area contributed by atoms with E-state index in [2.05, 4.69) is 5.32 Å². The Hall–Kier alpha value is -1.62. The number of carbonyl (C=O) groups excluding carboxylic acids is 1. The Morgan fingerprint density at radius 3 is 2.75 bits per heavy atom. The van der Waals surface area contributed by atoms with Crippen molar-refractivity contribution in [2.75, 3.05) is 13.7 Å². The summed E-state index contributed by atoms with van der Waals surface area (Å²) < 4.78 is 18.5. The van der Waals surface area contributed by atoms with Crippen LogP contribution in [0.25, 0.3) is 0 Å². The molecular weight excluding hydrogens is 259 g/mol. The zero-order valence-corrected chi connectivity index (χ0v) is 12.3. The molecule has 1 aromatic carbocycles. The summed E-state index contributed by atoms with van der Waals surface area (Å²) in [5, 5.41) is 2.87. The fourth-order valence-corrected chi connectivity index (χ4v) is 2.16. The van der Waals surface area contributed by atoms with Crippen molar-refractivity contribution in [1.82, 2.24) is 5.32 Å². The van der Waals surface area contributed by atoms with Gasteiger partial charge < -0.3 is 15.8 Å². The number of methoxy groups -OCH3 is 1. The van der Waals surface area contributed by atoms with Gasteiger partial charge in [0.15, 0.2) is 0 Å². The van der Waals surface area contributed by atoms with E-state index in [1.165, 1.54) is 19.2 Å². The van der Waals surface area contributed by atoms with E-state index in [0.717, 1.165) is 12.8 Å². The maximum atomic E-state index is 13.3. The van der Waals surface area contributed by atoms with Crippen molar-refractivity contribution in [2.45, 2.75) is 32.7 Å². The number of nitrogens with one attached hydrogen (secondary N) is 1. The number of halogens is 1. The Balaban J connectivity index is 2.82. The molecule has 0 spiro atoms. The quantitative estimate of drug-likeness (QED) is 0.807. The molecule has 2 unspecified atom stereocenters. The topological polar surface area (TPSA) is 64.4 Å². The normalized spacial score (nSPS) is 13.7. The smallest absolute Gasteiger partial charge is 0.224 e. The van der Waals surface area contributed by atoms with Gasteiger partial charge in [0, 0.05) is 12.1 Å². The first-order valence-electron chi connectivity index (χ1n) is 6.87. The molecule has 0 saturated carbocycles. The molecule has 1 amide bonds. The van der Waals surface area contributed by atoms with E-state index in [0.29, 0.717) is 17.9 Å². The van der Waals surface area contributed by atoms with Crippen LogP contribution in [0, 0.1) is 11.7 Å². The largest absolute Gasteiger partial charge is 0.496 e. The molecule has 4 nitrogen and oxygen atoms in total. The van der Waals surface area contributed by atoms with Gasteiger partial charge >= 0.3 is 0 Å². The van der Waals surface area contributed by atoms with E-state index >= 15 is 0 Å². The maximum Gasteiger partial charge on any atom is 0.224 e. The van der Waals surface area contributed by atoms with Gasteiger partial charge in [0.2, 0.25) is 5.91 Å². The number of carbonyl (C=O) groups is 1. The molecule has 0 saturated heterocycles. The second-order valence-corrected chi connectivity index (χ2v) is 4.84. The lowest BCUT2D eigenvalue weighted by Crippen LogP contribution is -2.36. The van der Waals surface area contributed by atoms with Crippen molar-refractivity contribution >= 4 is 5.91 Å². The summed E-state index contributed by atoms with van der Waals surface area (Å²) in [7, 11) is 1.52. The number of ether oxygens (including phenoxy) is 1. The molecule has 2 atom stereocenters. The summed E-state index contributed by atoms with van der Waals surface area (Å²) in [6, 6.07) is 3.93. The average molecular weight is 282 g/mol. The second-order valence-electron chi connectivity index (χ2n) is 4.84. The molecule has 112 valence electrons. The van der Waals surface area contributed by atoms with Gasteiger partial charge in [-0.1, -0.05) is 13.3 Å². The molecule has 0 aliphatic carbocycles. The highest BCUT2D eigenvalue weighted by molar-refractivity contribution is 5.79. The molecule has 0 aliphatic rings. The van der Waals surface area contributed by atoms with Crippen LogP contribution < -0.4 is 15.8 Å². The Kier molecular flexibility index (Phi) is 6.45. The zero-order valence-electron chi connectivity index (χ0n) is 12.3. The molecule has 3 N–H and O–H groups in total. The summed E-state index contributed by atoms with van der Waals surface area (Å²) in [5.41, 5.74) is 6.23. The van der Waals surface area contributed by atoms with Crippen molar-refractivity contribution in [2.24, 2.45) is 11.7 Å². The molecule has 1 aromatic rings. The lowest BCUT2D eigenvalue weighted by atomic mass is 10.0. The average Bonchev–Trinajstić information content (AvgIpc) is 2.44. The Morgan fingerprint density at radius 1 is 1.50 bits per heavy atom. The molecule has 0 heterocycles. The Labute approximate surface area is 119 Å². The predicted octanol–water partition coefficient (Wildman–Crippen LogP) is 2.39. The third-order valence-corrected chi connectivity index (χ3v) is 3.31. The summed E-state index contributed by atoms with van der Waals surface area (Å²) in [6.45, 7) is 4.12. The number of benzene rings is 1. The van der Waals surface area contributed by atoms with E-state index in [1.54, 1.807) is 13.0 Å². The van der Waals surface area contributed by atoms with Crippen molar-refractivity contribution < 1.29 is 13.9 Å². The molecule has 0 radical (unpaired) electrons. The van der Waals surface area contributed by atoms with Gasteiger partial charge in [-0.25, -0.2) is 4.39 Å². The van der Waals surface area contributed by atoms with Crippen LogP contribution in [-0.2, 0) is 4.79 Å². The highest BCUT2D eigenvalue weighted by Crippen LogP contribution is 2.26. The lowest BCUT2D eigenvalue weighted by Gasteiger charge is -2.20. The monoisotopic (exact) mass is 282 g/mol. The summed E-state index contributed by atoms with van der Waals surface area (Å²) in [6.07, 6.45) is 1.64. The third kappa shape index (κ3) is 4.20. The first-order valence-corrected chi connectivity index (χ1v) is 6.87. The zero-order chi connectivity index (χ0) is 15.1. The van der Waals surface area contributed by atoms with Crippen LogP contribution in [0.15, 0.2) is 18.2 Å². The first-order chi connectivity index (χ1) is 9.53. The molecule has 0 aromatic heterocycles. The Morgan fingerprint density at radius 2 is 2.20 bits per heavy atom. The van der Waals surface area contributed by atoms with Crippen LogP contribution in [0.2, 0.25) is 0 Å². The van der Waals surface area contributed by atoms with E-state index in [4.69, 9.17) is 10.5 Å². The van der Waals surface area contributed by atoms with Crippen LogP contribution in [0.4, 0.5) is 4.39 Å². The number of hydrogen-bond acceptors (Lipinski definition) is 3. The Bertz CT molecular complexity index is 451. The van der Waals surface area contributed by atoms with Crippen molar-refractivity contribution in [3.63, 3.8) is 0 Å². The van der Waals surface area contributed by atoms with E-state index in [1.807, 2.05) is 6.92 Å². The molecule has 5 heteroatoms. The van der Waals surface area contributed by atoms with E-state index in [9.17, 15) is 9.18 Å². The van der Waals surface area contributed by atoms with Gasteiger partial charge in [-0.2, -0.15) is 0 Å². The van der Waals surface area contributed by atoms with Gasteiger partial charge in [-0.05, 0) is 31.5 Å². The van der Waals surface area contributed by atoms with Crippen LogP contribution in [0.3, 0.4) is 0 Å². The highest BCUT2D eigenvalue weighted by atomic mass is 19.1. The summed E-state index contributed by atoms with van der Waals surface area (Å²) >= 11 is 0. The fourth-order valence-electron chi connectivity index (χ4n) is 2.16. The first kappa shape index (κ1) is 16.4. The summed E-state index contributed by atoms with van der Waals surface area (Å²) in [5.74, 6) is -0.111. The molecular formula is C15H23FN2O2. The SMILES string of the molecule is CCCC(CN)C(=O)NC(C)c1cc(F)ccc1OC. The van der Waals surface area contributed by atoms with Crippen LogP contribution >= 0.6 is 0 Å². The van der Waals surface area contributed by atoms with Crippen LogP contribution in [-0.4, -0.2) is 19.6 Å². The lowest BCUT2D eigenvalue weighted by molar-refractivity contribution is -0.125. The van der Waals surface area contributed by atoms with Gasteiger partial charge in [-0.3, -0.25) is 4.79 Å². The van der Waals surface area contributed by atoms with Gasteiger partial charge in [-0.15, -0.1) is 0 Å². The minimum absolute atomic E-state index is 0.104. The molecule has 0 fully saturated rings. The summed E-state index contributed by atoms with van der Waals surface area (Å²) in [4.78, 5) is 12.1. The minimum Gasteiger partial charge on any atom is -0.496 e. The van der Waals surface area contributed by atoms with Gasteiger partial charge in [0.25, 0.3) is 0 Å². The van der Waals surface area contributed by atoms with Crippen molar-refractivity contribution in [1.29, 1.82) is 0 Å².